The first-order chi connectivity index (χ1) is 18.0. The predicted molar refractivity (Wildman–Crippen MR) is 151 cm³/mol. The van der Waals surface area contributed by atoms with Gasteiger partial charge in [-0.25, -0.2) is 9.48 Å². The maximum Gasteiger partial charge on any atom is 0.322 e. The van der Waals surface area contributed by atoms with Crippen molar-refractivity contribution in [2.75, 3.05) is 37.9 Å². The molecule has 0 saturated carbocycles. The molecule has 1 aromatic heterocycles. The fourth-order valence-corrected chi connectivity index (χ4v) is 3.96. The molecule has 0 aliphatic heterocycles. The number of hydrogen-bond donors (Lipinski definition) is 2. The van der Waals surface area contributed by atoms with Crippen LogP contribution in [0.4, 0.5) is 16.3 Å². The van der Waals surface area contributed by atoms with Crippen LogP contribution in [0, 0.1) is 13.8 Å². The Hall–Kier alpha value is -4.01. The van der Waals surface area contributed by atoms with E-state index < -0.39 is 6.03 Å². The molecule has 3 aromatic rings. The first-order valence-electron chi connectivity index (χ1n) is 12.7. The van der Waals surface area contributed by atoms with E-state index in [1.54, 1.807) is 30.0 Å². The highest BCUT2D eigenvalue weighted by Crippen LogP contribution is 2.30. The third-order valence-electron chi connectivity index (χ3n) is 6.31. The summed E-state index contributed by atoms with van der Waals surface area (Å²) in [6.45, 7) is 12.6. The number of aromatic nitrogens is 2. The molecule has 2 aromatic carbocycles. The van der Waals surface area contributed by atoms with Crippen molar-refractivity contribution in [3.8, 4) is 17.2 Å². The number of ether oxygens (including phenoxy) is 2. The summed E-state index contributed by atoms with van der Waals surface area (Å²) in [5.41, 5.74) is 4.23. The normalized spacial score (nSPS) is 11.2. The summed E-state index contributed by atoms with van der Waals surface area (Å²) in [5.74, 6) is 1.31. The van der Waals surface area contributed by atoms with E-state index in [0.717, 1.165) is 22.5 Å². The number of carbonyl (C=O) groups excluding carboxylic acids is 2. The van der Waals surface area contributed by atoms with E-state index in [2.05, 4.69) is 31.4 Å². The van der Waals surface area contributed by atoms with Crippen molar-refractivity contribution >= 4 is 23.4 Å². The van der Waals surface area contributed by atoms with Crippen LogP contribution in [-0.4, -0.2) is 53.9 Å². The highest BCUT2D eigenvalue weighted by atomic mass is 16.5. The van der Waals surface area contributed by atoms with E-state index in [4.69, 9.17) is 14.6 Å². The zero-order valence-corrected chi connectivity index (χ0v) is 23.6. The molecule has 0 spiro atoms. The van der Waals surface area contributed by atoms with Gasteiger partial charge in [0.1, 0.15) is 23.9 Å². The highest BCUT2D eigenvalue weighted by Gasteiger charge is 2.24. The van der Waals surface area contributed by atoms with Crippen molar-refractivity contribution in [1.29, 1.82) is 0 Å². The summed E-state index contributed by atoms with van der Waals surface area (Å²) in [6.07, 6.45) is 0.690. The van der Waals surface area contributed by atoms with Crippen molar-refractivity contribution in [2.24, 2.45) is 0 Å². The van der Waals surface area contributed by atoms with Crippen LogP contribution in [0.15, 0.2) is 42.5 Å². The van der Waals surface area contributed by atoms with E-state index in [0.29, 0.717) is 36.0 Å². The van der Waals surface area contributed by atoms with Crippen LogP contribution in [0.3, 0.4) is 0 Å². The minimum Gasteiger partial charge on any atom is -0.497 e. The molecule has 0 aliphatic rings. The number of nitrogens with zero attached hydrogens (tertiary/aromatic N) is 3. The fraction of sp³-hybridized carbons (Fsp3) is 0.414. The lowest BCUT2D eigenvalue weighted by Crippen LogP contribution is -2.41. The van der Waals surface area contributed by atoms with Crippen molar-refractivity contribution < 1.29 is 19.1 Å². The number of amides is 3. The van der Waals surface area contributed by atoms with Crippen LogP contribution < -0.4 is 20.1 Å². The predicted octanol–water partition coefficient (Wildman–Crippen LogP) is 5.69. The summed E-state index contributed by atoms with van der Waals surface area (Å²) in [4.78, 5) is 27.9. The third-order valence-corrected chi connectivity index (χ3v) is 6.31. The number of benzene rings is 2. The van der Waals surface area contributed by atoms with Gasteiger partial charge in [0.2, 0.25) is 5.91 Å². The number of hydrogen-bond acceptors (Lipinski definition) is 5. The number of methoxy groups -OCH3 is 2. The van der Waals surface area contributed by atoms with Gasteiger partial charge in [-0.15, -0.1) is 0 Å². The van der Waals surface area contributed by atoms with Crippen LogP contribution in [-0.2, 0) is 10.2 Å². The summed E-state index contributed by atoms with van der Waals surface area (Å²) >= 11 is 0. The SMILES string of the molecule is CCCN(CC(=O)Nc1cc(C(C)(C)C)nn1-c1cccc(C)c1C)C(=O)Nc1ccc(OC)cc1OC. The number of aryl methyl sites for hydroxylation is 1. The average molecular weight is 522 g/mol. The van der Waals surface area contributed by atoms with Gasteiger partial charge in [-0.2, -0.15) is 5.10 Å². The molecule has 9 nitrogen and oxygen atoms in total. The topological polar surface area (TPSA) is 97.7 Å². The quantitative estimate of drug-likeness (QED) is 0.377. The summed E-state index contributed by atoms with van der Waals surface area (Å²) in [7, 11) is 3.08. The molecule has 0 bridgehead atoms. The van der Waals surface area contributed by atoms with Crippen LogP contribution in [0.5, 0.6) is 11.5 Å². The van der Waals surface area contributed by atoms with E-state index in [-0.39, 0.29) is 17.9 Å². The molecule has 1 heterocycles. The molecule has 3 amide bonds. The lowest BCUT2D eigenvalue weighted by molar-refractivity contribution is -0.116. The van der Waals surface area contributed by atoms with Crippen LogP contribution in [0.25, 0.3) is 5.69 Å². The highest BCUT2D eigenvalue weighted by molar-refractivity contribution is 5.97. The Morgan fingerprint density at radius 3 is 2.39 bits per heavy atom. The number of urea groups is 1. The maximum atomic E-state index is 13.2. The van der Waals surface area contributed by atoms with Crippen LogP contribution >= 0.6 is 0 Å². The van der Waals surface area contributed by atoms with Crippen molar-refractivity contribution in [3.05, 3.63) is 59.3 Å². The molecule has 0 fully saturated rings. The average Bonchev–Trinajstić information content (AvgIpc) is 3.29. The Bertz CT molecular complexity index is 1290. The Balaban J connectivity index is 1.84. The Labute approximate surface area is 225 Å². The second-order valence-corrected chi connectivity index (χ2v) is 10.3. The van der Waals surface area contributed by atoms with Gasteiger partial charge in [0.05, 0.1) is 31.3 Å². The molecule has 0 aliphatic carbocycles. The fourth-order valence-electron chi connectivity index (χ4n) is 3.96. The van der Waals surface area contributed by atoms with E-state index in [1.807, 2.05) is 45.0 Å². The summed E-state index contributed by atoms with van der Waals surface area (Å²) in [6, 6.07) is 12.6. The smallest absolute Gasteiger partial charge is 0.322 e. The van der Waals surface area contributed by atoms with Gasteiger partial charge >= 0.3 is 6.03 Å². The van der Waals surface area contributed by atoms with E-state index >= 15 is 0 Å². The van der Waals surface area contributed by atoms with Crippen LogP contribution in [0.2, 0.25) is 0 Å². The molecule has 38 heavy (non-hydrogen) atoms. The van der Waals surface area contributed by atoms with Crippen molar-refractivity contribution in [1.82, 2.24) is 14.7 Å². The standard InChI is InChI=1S/C29H39N5O4/c1-9-15-33(28(36)30-22-14-13-21(37-7)16-24(22)38-8)18-27(35)31-26-17-25(29(4,5)6)32-34(26)23-12-10-11-19(2)20(23)3/h10-14,16-17H,9,15,18H2,1-8H3,(H,30,36)(H,31,35). The molecule has 9 heteroatoms. The van der Waals surface area contributed by atoms with Gasteiger partial charge in [-0.1, -0.05) is 39.8 Å². The van der Waals surface area contributed by atoms with Crippen LogP contribution in [0.1, 0.15) is 50.9 Å². The summed E-state index contributed by atoms with van der Waals surface area (Å²) < 4.78 is 12.4. The van der Waals surface area contributed by atoms with Gasteiger partial charge in [0.15, 0.2) is 0 Å². The Kier molecular flexibility index (Phi) is 9.04. The van der Waals surface area contributed by atoms with E-state index in [1.165, 1.54) is 12.0 Å². The minimum absolute atomic E-state index is 0.124. The lowest BCUT2D eigenvalue weighted by atomic mass is 9.92. The minimum atomic E-state index is -0.399. The number of rotatable bonds is 9. The van der Waals surface area contributed by atoms with Gasteiger partial charge < -0.3 is 25.0 Å². The molecular weight excluding hydrogens is 482 g/mol. The molecule has 0 unspecified atom stereocenters. The first-order valence-corrected chi connectivity index (χ1v) is 12.7. The zero-order valence-electron chi connectivity index (χ0n) is 23.6. The maximum absolute atomic E-state index is 13.2. The molecular formula is C29H39N5O4. The van der Waals surface area contributed by atoms with Gasteiger partial charge in [-0.3, -0.25) is 4.79 Å². The van der Waals surface area contributed by atoms with Crippen molar-refractivity contribution in [2.45, 2.75) is 53.4 Å². The Morgan fingerprint density at radius 2 is 1.76 bits per heavy atom. The molecule has 204 valence electrons. The molecule has 3 rings (SSSR count). The zero-order chi connectivity index (χ0) is 28.0. The molecule has 2 N–H and O–H groups in total. The molecule has 0 atom stereocenters. The molecule has 0 saturated heterocycles. The lowest BCUT2D eigenvalue weighted by Gasteiger charge is -2.23. The van der Waals surface area contributed by atoms with Gasteiger partial charge in [-0.05, 0) is 49.6 Å². The Morgan fingerprint density at radius 1 is 1.03 bits per heavy atom. The van der Waals surface area contributed by atoms with E-state index in [9.17, 15) is 9.59 Å². The second kappa shape index (κ2) is 12.0. The summed E-state index contributed by atoms with van der Waals surface area (Å²) in [5, 5.41) is 10.7. The molecule has 0 radical (unpaired) electrons. The largest absolute Gasteiger partial charge is 0.497 e. The van der Waals surface area contributed by atoms with Crippen molar-refractivity contribution in [3.63, 3.8) is 0 Å². The number of nitrogens with one attached hydrogen (secondary N) is 2. The van der Waals surface area contributed by atoms with Gasteiger partial charge in [0.25, 0.3) is 0 Å². The first kappa shape index (κ1) is 28.6. The second-order valence-electron chi connectivity index (χ2n) is 10.3. The monoisotopic (exact) mass is 521 g/mol. The third kappa shape index (κ3) is 6.65. The number of anilines is 2. The number of carbonyl (C=O) groups is 2. The van der Waals surface area contributed by atoms with Gasteiger partial charge in [0, 0.05) is 24.1 Å².